The first-order valence-electron chi connectivity index (χ1n) is 2.95. The Kier molecular flexibility index (Phi) is 1.96. The van der Waals surface area contributed by atoms with Gasteiger partial charge in [-0.1, -0.05) is 11.6 Å². The molecule has 1 aliphatic rings. The molecule has 0 aromatic heterocycles. The van der Waals surface area contributed by atoms with Gasteiger partial charge in [-0.3, -0.25) is 5.32 Å². The normalized spacial score (nSPS) is 36.0. The summed E-state index contributed by atoms with van der Waals surface area (Å²) in [5.74, 6) is 0. The fourth-order valence-electron chi connectivity index (χ4n) is 0.951. The predicted molar refractivity (Wildman–Crippen MR) is 34.0 cm³/mol. The van der Waals surface area contributed by atoms with Gasteiger partial charge in [0, 0.05) is 0 Å². The van der Waals surface area contributed by atoms with Crippen LogP contribution in [-0.4, -0.2) is 28.0 Å². The van der Waals surface area contributed by atoms with Gasteiger partial charge in [0.25, 0.3) is 0 Å². The summed E-state index contributed by atoms with van der Waals surface area (Å²) in [5, 5.41) is 20.1. The molecule has 9 heavy (non-hydrogen) atoms. The monoisotopic (exact) mass is 151 g/mol. The molecule has 1 fully saturated rings. The Bertz CT molecular complexity index is 101. The van der Waals surface area contributed by atoms with Gasteiger partial charge in [-0.05, 0) is 19.4 Å². The van der Waals surface area contributed by atoms with E-state index in [1.54, 1.807) is 0 Å². The van der Waals surface area contributed by atoms with Crippen molar-refractivity contribution in [1.29, 1.82) is 0 Å². The summed E-state index contributed by atoms with van der Waals surface area (Å²) in [6.07, 6.45) is 0.0644. The van der Waals surface area contributed by atoms with Crippen LogP contribution in [0.2, 0.25) is 0 Å². The van der Waals surface area contributed by atoms with Gasteiger partial charge >= 0.3 is 0 Å². The van der Waals surface area contributed by atoms with Gasteiger partial charge in [0.2, 0.25) is 0 Å². The van der Waals surface area contributed by atoms with Crippen LogP contribution in [0.15, 0.2) is 0 Å². The number of nitrogens with one attached hydrogen (secondary N) is 1. The molecule has 0 aliphatic carbocycles. The van der Waals surface area contributed by atoms with Crippen molar-refractivity contribution in [2.45, 2.75) is 24.1 Å². The Morgan fingerprint density at radius 3 is 2.44 bits per heavy atom. The molecule has 54 valence electrons. The molecule has 1 aliphatic heterocycles. The molecule has 0 aromatic carbocycles. The highest BCUT2D eigenvalue weighted by Crippen LogP contribution is 2.25. The van der Waals surface area contributed by atoms with Crippen LogP contribution in [-0.2, 0) is 0 Å². The van der Waals surface area contributed by atoms with Crippen molar-refractivity contribution in [3.05, 3.63) is 0 Å². The molecule has 1 atom stereocenters. The SMILES string of the molecule is OC(O)[C@]1(Cl)CCCN1. The highest BCUT2D eigenvalue weighted by atomic mass is 35.5. The van der Waals surface area contributed by atoms with E-state index < -0.39 is 11.3 Å². The highest BCUT2D eigenvalue weighted by molar-refractivity contribution is 6.24. The van der Waals surface area contributed by atoms with Gasteiger partial charge < -0.3 is 10.2 Å². The van der Waals surface area contributed by atoms with Crippen molar-refractivity contribution in [3.8, 4) is 0 Å². The number of hydrogen-bond donors (Lipinski definition) is 3. The van der Waals surface area contributed by atoms with E-state index in [4.69, 9.17) is 21.8 Å². The predicted octanol–water partition coefficient (Wildman–Crippen LogP) is -0.384. The molecule has 4 heteroatoms. The highest BCUT2D eigenvalue weighted by Gasteiger charge is 2.37. The molecular weight excluding hydrogens is 142 g/mol. The van der Waals surface area contributed by atoms with E-state index >= 15 is 0 Å². The number of aliphatic hydroxyl groups excluding tert-OH is 1. The van der Waals surface area contributed by atoms with Crippen LogP contribution < -0.4 is 5.32 Å². The van der Waals surface area contributed by atoms with Gasteiger partial charge in [-0.15, -0.1) is 0 Å². The van der Waals surface area contributed by atoms with Gasteiger partial charge in [-0.25, -0.2) is 0 Å². The average Bonchev–Trinajstić information content (AvgIpc) is 2.16. The summed E-state index contributed by atoms with van der Waals surface area (Å²) in [5.41, 5.74) is 0. The van der Waals surface area contributed by atoms with E-state index in [0.717, 1.165) is 13.0 Å². The van der Waals surface area contributed by atoms with Crippen LogP contribution in [0, 0.1) is 0 Å². The van der Waals surface area contributed by atoms with E-state index in [9.17, 15) is 0 Å². The van der Waals surface area contributed by atoms with Crippen LogP contribution in [0.4, 0.5) is 0 Å². The second-order valence-electron chi connectivity index (χ2n) is 2.27. The van der Waals surface area contributed by atoms with Crippen molar-refractivity contribution in [2.24, 2.45) is 0 Å². The molecule has 0 unspecified atom stereocenters. The lowest BCUT2D eigenvalue weighted by molar-refractivity contribution is -0.0759. The van der Waals surface area contributed by atoms with Crippen LogP contribution in [0.3, 0.4) is 0 Å². The molecule has 1 heterocycles. The molecule has 0 radical (unpaired) electrons. The number of hydrogen-bond acceptors (Lipinski definition) is 3. The Hall–Kier alpha value is 0.170. The maximum Gasteiger partial charge on any atom is 0.184 e. The van der Waals surface area contributed by atoms with Crippen LogP contribution >= 0.6 is 11.6 Å². The largest absolute Gasteiger partial charge is 0.366 e. The van der Waals surface area contributed by atoms with E-state index in [1.165, 1.54) is 0 Å². The van der Waals surface area contributed by atoms with Crippen LogP contribution in [0.25, 0.3) is 0 Å². The number of alkyl halides is 1. The maximum absolute atomic E-state index is 8.67. The van der Waals surface area contributed by atoms with Gasteiger partial charge in [-0.2, -0.15) is 0 Å². The maximum atomic E-state index is 8.67. The van der Waals surface area contributed by atoms with Crippen molar-refractivity contribution < 1.29 is 10.2 Å². The standard InChI is InChI=1S/C5H10ClNO2/c6-5(4(8)9)2-1-3-7-5/h4,7-9H,1-3H2/t5-/m0/s1. The molecular formula is C5H10ClNO2. The van der Waals surface area contributed by atoms with Gasteiger partial charge in [0.05, 0.1) is 0 Å². The van der Waals surface area contributed by atoms with E-state index in [1.807, 2.05) is 0 Å². The Morgan fingerprint density at radius 1 is 1.56 bits per heavy atom. The smallest absolute Gasteiger partial charge is 0.184 e. The zero-order valence-electron chi connectivity index (χ0n) is 4.97. The van der Waals surface area contributed by atoms with E-state index in [0.29, 0.717) is 6.42 Å². The summed E-state index contributed by atoms with van der Waals surface area (Å²) < 4.78 is 0. The summed E-state index contributed by atoms with van der Waals surface area (Å²) >= 11 is 5.69. The molecule has 3 nitrogen and oxygen atoms in total. The van der Waals surface area contributed by atoms with Crippen molar-refractivity contribution >= 4 is 11.6 Å². The van der Waals surface area contributed by atoms with Gasteiger partial charge in [0.15, 0.2) is 6.29 Å². The Morgan fingerprint density at radius 2 is 2.22 bits per heavy atom. The van der Waals surface area contributed by atoms with E-state index in [-0.39, 0.29) is 0 Å². The molecule has 1 rings (SSSR count). The summed E-state index contributed by atoms with van der Waals surface area (Å²) in [6, 6.07) is 0. The van der Waals surface area contributed by atoms with Crippen molar-refractivity contribution in [1.82, 2.24) is 5.32 Å². The average molecular weight is 152 g/mol. The topological polar surface area (TPSA) is 52.5 Å². The quantitative estimate of drug-likeness (QED) is 0.272. The molecule has 0 amide bonds. The zero-order valence-corrected chi connectivity index (χ0v) is 5.73. The number of halogens is 1. The van der Waals surface area contributed by atoms with Gasteiger partial charge in [0.1, 0.15) is 5.00 Å². The lowest BCUT2D eigenvalue weighted by Gasteiger charge is -2.22. The molecule has 0 spiro atoms. The molecule has 1 saturated heterocycles. The Labute approximate surface area is 58.6 Å². The number of rotatable bonds is 1. The Balaban J connectivity index is 2.51. The fourth-order valence-corrected chi connectivity index (χ4v) is 1.18. The fraction of sp³-hybridized carbons (Fsp3) is 1.00. The van der Waals surface area contributed by atoms with E-state index in [2.05, 4.69) is 5.32 Å². The van der Waals surface area contributed by atoms with Crippen LogP contribution in [0.1, 0.15) is 12.8 Å². The first kappa shape index (κ1) is 7.28. The summed E-state index contributed by atoms with van der Waals surface area (Å²) in [4.78, 5) is -0.972. The lowest BCUT2D eigenvalue weighted by Crippen LogP contribution is -2.45. The molecule has 3 N–H and O–H groups in total. The second-order valence-corrected chi connectivity index (χ2v) is 2.94. The summed E-state index contributed by atoms with van der Waals surface area (Å²) in [6.45, 7) is 0.765. The molecule has 0 aromatic rings. The lowest BCUT2D eigenvalue weighted by atomic mass is 10.2. The first-order valence-corrected chi connectivity index (χ1v) is 3.33. The van der Waals surface area contributed by atoms with Crippen molar-refractivity contribution in [3.63, 3.8) is 0 Å². The summed E-state index contributed by atoms with van der Waals surface area (Å²) in [7, 11) is 0. The third-order valence-corrected chi connectivity index (χ3v) is 2.06. The third-order valence-electron chi connectivity index (χ3n) is 1.55. The first-order chi connectivity index (χ1) is 4.15. The minimum Gasteiger partial charge on any atom is -0.366 e. The minimum absolute atomic E-state index is 0.617. The zero-order chi connectivity index (χ0) is 6.91. The minimum atomic E-state index is -1.46. The third kappa shape index (κ3) is 1.35. The van der Waals surface area contributed by atoms with Crippen LogP contribution in [0.5, 0.6) is 0 Å². The van der Waals surface area contributed by atoms with Crippen molar-refractivity contribution in [2.75, 3.05) is 6.54 Å². The molecule has 0 saturated carbocycles. The second kappa shape index (κ2) is 2.42. The number of aliphatic hydroxyl groups is 2. The molecule has 0 bridgehead atoms.